The number of ether oxygens (including phenoxy) is 3. The molecular formula is C31H21BrCl3F3N2O5S. The molecule has 240 valence electrons. The Morgan fingerprint density at radius 1 is 1.09 bits per heavy atom. The van der Waals surface area contributed by atoms with Crippen molar-refractivity contribution in [3.8, 4) is 11.5 Å². The minimum atomic E-state index is -5.04. The summed E-state index contributed by atoms with van der Waals surface area (Å²) in [5.74, 6) is -0.706. The number of fused-ring (bicyclic) bond motifs is 1. The fourth-order valence-electron chi connectivity index (χ4n) is 4.73. The van der Waals surface area contributed by atoms with Crippen LogP contribution in [-0.2, 0) is 16.1 Å². The van der Waals surface area contributed by atoms with Crippen molar-refractivity contribution in [2.75, 3.05) is 13.7 Å². The molecule has 15 heteroatoms. The maximum absolute atomic E-state index is 14.4. The van der Waals surface area contributed by atoms with Crippen LogP contribution in [0.25, 0.3) is 6.08 Å². The molecule has 3 aromatic carbocycles. The van der Waals surface area contributed by atoms with Gasteiger partial charge in [0.2, 0.25) is 0 Å². The molecule has 0 N–H and O–H groups in total. The van der Waals surface area contributed by atoms with Crippen LogP contribution in [0, 0.1) is 0 Å². The first-order valence-electron chi connectivity index (χ1n) is 13.3. The van der Waals surface area contributed by atoms with E-state index in [-0.39, 0.29) is 33.9 Å². The second kappa shape index (κ2) is 13.8. The minimum absolute atomic E-state index is 0.00446. The van der Waals surface area contributed by atoms with Crippen molar-refractivity contribution in [2.24, 2.45) is 4.99 Å². The number of methoxy groups -OCH3 is 1. The fraction of sp³-hybridized carbons (Fsp3) is 0.194. The molecule has 1 aromatic heterocycles. The topological polar surface area (TPSA) is 79.1 Å². The maximum atomic E-state index is 14.4. The average molecular weight is 777 g/mol. The van der Waals surface area contributed by atoms with Crippen molar-refractivity contribution in [3.05, 3.63) is 122 Å². The quantitative estimate of drug-likeness (QED) is 0.172. The molecule has 0 spiro atoms. The molecule has 5 rings (SSSR count). The van der Waals surface area contributed by atoms with Crippen molar-refractivity contribution in [1.29, 1.82) is 0 Å². The number of hydrogen-bond donors (Lipinski definition) is 0. The van der Waals surface area contributed by atoms with Gasteiger partial charge in [-0.2, -0.15) is 13.2 Å². The van der Waals surface area contributed by atoms with E-state index in [0.717, 1.165) is 15.9 Å². The molecule has 46 heavy (non-hydrogen) atoms. The zero-order valence-corrected chi connectivity index (χ0v) is 28.4. The lowest BCUT2D eigenvalue weighted by Crippen LogP contribution is -2.41. The molecule has 0 fully saturated rings. The number of hydrogen-bond acceptors (Lipinski definition) is 7. The normalized spacial score (nSPS) is 15.0. The summed E-state index contributed by atoms with van der Waals surface area (Å²) in [5.41, 5.74) is -1.78. The first-order valence-corrected chi connectivity index (χ1v) is 16.1. The Labute approximate surface area is 287 Å². The zero-order valence-electron chi connectivity index (χ0n) is 23.8. The van der Waals surface area contributed by atoms with Gasteiger partial charge >= 0.3 is 12.1 Å². The summed E-state index contributed by atoms with van der Waals surface area (Å²) in [4.78, 5) is 30.6. The Morgan fingerprint density at radius 2 is 1.78 bits per heavy atom. The Kier molecular flexibility index (Phi) is 10.2. The van der Waals surface area contributed by atoms with Crippen LogP contribution >= 0.6 is 62.1 Å². The number of allylic oxidation sites excluding steroid dienone is 1. The van der Waals surface area contributed by atoms with Gasteiger partial charge in [-0.3, -0.25) is 9.36 Å². The number of rotatable bonds is 8. The molecule has 7 nitrogen and oxygen atoms in total. The van der Waals surface area contributed by atoms with Crippen molar-refractivity contribution < 1.29 is 32.2 Å². The summed E-state index contributed by atoms with van der Waals surface area (Å²) >= 11 is 22.5. The van der Waals surface area contributed by atoms with Gasteiger partial charge in [-0.25, -0.2) is 9.79 Å². The van der Waals surface area contributed by atoms with Gasteiger partial charge in [0, 0.05) is 30.7 Å². The van der Waals surface area contributed by atoms with Crippen molar-refractivity contribution in [2.45, 2.75) is 25.7 Å². The third-order valence-electron chi connectivity index (χ3n) is 6.72. The predicted octanol–water partition coefficient (Wildman–Crippen LogP) is 7.65. The molecule has 4 aromatic rings. The highest BCUT2D eigenvalue weighted by Gasteiger charge is 2.45. The van der Waals surface area contributed by atoms with Crippen LogP contribution in [0.4, 0.5) is 13.2 Å². The van der Waals surface area contributed by atoms with Crippen molar-refractivity contribution in [1.82, 2.24) is 4.57 Å². The molecule has 0 saturated heterocycles. The highest BCUT2D eigenvalue weighted by Crippen LogP contribution is 2.39. The molecule has 0 bridgehead atoms. The highest BCUT2D eigenvalue weighted by molar-refractivity contribution is 9.10. The molecule has 0 unspecified atom stereocenters. The molecule has 1 atom stereocenters. The van der Waals surface area contributed by atoms with Crippen LogP contribution in [0.15, 0.2) is 80.1 Å². The number of benzene rings is 3. The zero-order chi connectivity index (χ0) is 33.3. The van der Waals surface area contributed by atoms with Gasteiger partial charge in [0.1, 0.15) is 6.61 Å². The molecule has 0 saturated carbocycles. The highest BCUT2D eigenvalue weighted by atomic mass is 79.9. The van der Waals surface area contributed by atoms with E-state index >= 15 is 0 Å². The third-order valence-corrected chi connectivity index (χ3v) is 9.00. The van der Waals surface area contributed by atoms with Crippen LogP contribution in [0.5, 0.6) is 11.5 Å². The van der Waals surface area contributed by atoms with Crippen LogP contribution in [-0.4, -0.2) is 30.4 Å². The molecule has 0 amide bonds. The van der Waals surface area contributed by atoms with E-state index < -0.39 is 35.0 Å². The Bertz CT molecular complexity index is 2050. The van der Waals surface area contributed by atoms with Gasteiger partial charge in [-0.05, 0) is 55.0 Å². The van der Waals surface area contributed by atoms with Gasteiger partial charge in [0.25, 0.3) is 5.56 Å². The summed E-state index contributed by atoms with van der Waals surface area (Å²) in [6, 6.07) is 12.5. The van der Waals surface area contributed by atoms with Crippen molar-refractivity contribution >= 4 is 74.1 Å². The molecule has 2 heterocycles. The number of esters is 1. The van der Waals surface area contributed by atoms with Crippen LogP contribution in [0.3, 0.4) is 0 Å². The first-order chi connectivity index (χ1) is 21.8. The van der Waals surface area contributed by atoms with Gasteiger partial charge in [0.05, 0.1) is 29.9 Å². The summed E-state index contributed by atoms with van der Waals surface area (Å²) in [6.45, 7) is 1.27. The van der Waals surface area contributed by atoms with E-state index in [0.29, 0.717) is 36.4 Å². The number of carbonyl (C=O) groups excluding carboxylic acids is 1. The second-order valence-corrected chi connectivity index (χ2v) is 12.9. The SMILES string of the molecule is CCOC(=O)C1=C(C(F)(F)F)N=c2s/c(=C\c3cc(Br)cc(OC)c3OCc3ccc(Cl)cc3Cl)c(=O)n2[C@@H]1c1ccc(Cl)cc1. The number of aromatic nitrogens is 1. The number of halogens is 7. The predicted molar refractivity (Wildman–Crippen MR) is 174 cm³/mol. The average Bonchev–Trinajstić information content (AvgIpc) is 3.30. The van der Waals surface area contributed by atoms with E-state index in [4.69, 9.17) is 49.0 Å². The second-order valence-electron chi connectivity index (χ2n) is 9.67. The number of carbonyl (C=O) groups is 1. The largest absolute Gasteiger partial charge is 0.493 e. The van der Waals surface area contributed by atoms with E-state index in [1.807, 2.05) is 0 Å². The lowest BCUT2D eigenvalue weighted by molar-refractivity contribution is -0.140. The van der Waals surface area contributed by atoms with E-state index in [1.165, 1.54) is 44.4 Å². The molecular weight excluding hydrogens is 756 g/mol. The maximum Gasteiger partial charge on any atom is 0.434 e. The lowest BCUT2D eigenvalue weighted by atomic mass is 9.95. The summed E-state index contributed by atoms with van der Waals surface area (Å²) in [7, 11) is 1.43. The van der Waals surface area contributed by atoms with Crippen LogP contribution < -0.4 is 24.4 Å². The molecule has 0 radical (unpaired) electrons. The summed E-state index contributed by atoms with van der Waals surface area (Å²) in [6.07, 6.45) is -3.58. The minimum Gasteiger partial charge on any atom is -0.493 e. The van der Waals surface area contributed by atoms with Gasteiger partial charge in [-0.1, -0.05) is 80.3 Å². The fourth-order valence-corrected chi connectivity index (χ4v) is 6.77. The summed E-state index contributed by atoms with van der Waals surface area (Å²) in [5, 5.41) is 1.13. The molecule has 1 aliphatic rings. The number of nitrogens with zero attached hydrogens (tertiary/aromatic N) is 2. The standard InChI is InChI=1S/C31H21BrCl3F3N2O5S/c1-3-44-29(42)24-25(15-4-7-19(33)8-5-15)40-28(41)23(46-30(40)39-27(24)31(36,37)38)11-17-10-18(32)12-22(43-2)26(17)45-14-16-6-9-20(34)13-21(16)35/h4-13,25H,3,14H2,1-2H3/b23-11-/t25-/m1/s1. The lowest BCUT2D eigenvalue weighted by Gasteiger charge is -2.26. The first kappa shape index (κ1) is 34.1. The molecule has 1 aliphatic heterocycles. The van der Waals surface area contributed by atoms with Gasteiger partial charge < -0.3 is 14.2 Å². The number of thiazole rings is 1. The van der Waals surface area contributed by atoms with E-state index in [2.05, 4.69) is 20.9 Å². The van der Waals surface area contributed by atoms with E-state index in [1.54, 1.807) is 30.3 Å². The third kappa shape index (κ3) is 7.01. The number of alkyl halides is 3. The summed E-state index contributed by atoms with van der Waals surface area (Å²) < 4.78 is 61.6. The van der Waals surface area contributed by atoms with Crippen LogP contribution in [0.2, 0.25) is 15.1 Å². The van der Waals surface area contributed by atoms with Crippen molar-refractivity contribution in [3.63, 3.8) is 0 Å². The Morgan fingerprint density at radius 3 is 2.41 bits per heavy atom. The van der Waals surface area contributed by atoms with Gasteiger partial charge in [0.15, 0.2) is 22.0 Å². The monoisotopic (exact) mass is 774 g/mol. The van der Waals surface area contributed by atoms with Gasteiger partial charge in [-0.15, -0.1) is 0 Å². The Balaban J connectivity index is 1.72. The Hall–Kier alpha value is -3.29. The van der Waals surface area contributed by atoms with E-state index in [9.17, 15) is 22.8 Å². The molecule has 0 aliphatic carbocycles. The van der Waals surface area contributed by atoms with Crippen LogP contribution in [0.1, 0.15) is 29.7 Å². The smallest absolute Gasteiger partial charge is 0.434 e.